The molecule has 0 aliphatic carbocycles. The first-order chi connectivity index (χ1) is 6.25. The first-order valence-electron chi connectivity index (χ1n) is 3.62. The monoisotopic (exact) mass is 230 g/mol. The molecule has 0 spiro atoms. The number of nitrogens with one attached hydrogen (secondary N) is 1. The number of rotatable bonds is 1. The Kier molecular flexibility index (Phi) is 3.33. The average molecular weight is 231 g/mol. The van der Waals surface area contributed by atoms with Gasteiger partial charge in [-0.05, 0) is 12.1 Å². The normalized spacial score (nSPS) is 9.50. The largest absolute Gasteiger partial charge is 1.00 e. The maximum absolute atomic E-state index is 7.13. The van der Waals surface area contributed by atoms with Gasteiger partial charge in [0.15, 0.2) is 0 Å². The fraction of sp³-hybridized carbons (Fsp3) is 0. The molecule has 0 aliphatic heterocycles. The van der Waals surface area contributed by atoms with Gasteiger partial charge in [0.2, 0.25) is 11.9 Å². The Hall–Kier alpha value is -1.26. The van der Waals surface area contributed by atoms with Gasteiger partial charge < -0.3 is 16.9 Å². The van der Waals surface area contributed by atoms with Gasteiger partial charge in [0.05, 0.1) is 0 Å². The average Bonchev–Trinajstić information content (AvgIpc) is 2.53. The quantitative estimate of drug-likeness (QED) is 0.559. The van der Waals surface area contributed by atoms with Crippen LogP contribution in [0.15, 0.2) is 35.0 Å². The molecule has 0 unspecified atom stereocenters. The molecule has 0 radical (unpaired) electrons. The summed E-state index contributed by atoms with van der Waals surface area (Å²) >= 11 is 5.71. The Morgan fingerprint density at radius 2 is 1.93 bits per heavy atom. The molecule has 0 amide bonds. The Morgan fingerprint density at radius 3 is 2.43 bits per heavy atom. The van der Waals surface area contributed by atoms with E-state index in [1.54, 1.807) is 24.3 Å². The molecule has 2 rings (SSSR count). The lowest BCUT2D eigenvalue weighted by Crippen LogP contribution is -3.00. The lowest BCUT2D eigenvalue weighted by molar-refractivity contribution is -0.676. The van der Waals surface area contributed by atoms with E-state index in [0.717, 1.165) is 5.69 Å². The zero-order valence-corrected chi connectivity index (χ0v) is 8.46. The maximum atomic E-state index is 7.13. The second kappa shape index (κ2) is 4.30. The van der Waals surface area contributed by atoms with Crippen LogP contribution in [0.4, 0.5) is 0 Å². The van der Waals surface area contributed by atoms with Crippen LogP contribution in [0, 0.1) is 5.41 Å². The van der Waals surface area contributed by atoms with Crippen LogP contribution in [0.5, 0.6) is 0 Å². The lowest BCUT2D eigenvalue weighted by atomic mass is 10.3. The van der Waals surface area contributed by atoms with Gasteiger partial charge in [0.1, 0.15) is 0 Å². The van der Waals surface area contributed by atoms with Crippen molar-refractivity contribution in [3.05, 3.63) is 41.0 Å². The smallest absolute Gasteiger partial charge is 0.265 e. The van der Waals surface area contributed by atoms with E-state index in [0.29, 0.717) is 5.02 Å². The summed E-state index contributed by atoms with van der Waals surface area (Å²) in [5.41, 5.74) is 0.835. The Bertz CT molecular complexity index is 460. The summed E-state index contributed by atoms with van der Waals surface area (Å²) in [6.45, 7) is 0. The third kappa shape index (κ3) is 2.16. The summed E-state index contributed by atoms with van der Waals surface area (Å²) in [5, 5.41) is 11.4. The molecule has 2 aromatic rings. The molecule has 0 aliphatic rings. The number of nitrogens with zero attached hydrogens (tertiary/aromatic N) is 2. The van der Waals surface area contributed by atoms with Crippen LogP contribution >= 0.6 is 11.6 Å². The first kappa shape index (κ1) is 10.8. The summed E-state index contributed by atoms with van der Waals surface area (Å²) < 4.78 is 6.07. The predicted octanol–water partition coefficient (Wildman–Crippen LogP) is -2.35. The summed E-state index contributed by atoms with van der Waals surface area (Å²) in [4.78, 5) is 0. The van der Waals surface area contributed by atoms with Crippen molar-refractivity contribution in [2.75, 3.05) is 0 Å². The number of hydrogen-bond donors (Lipinski definition) is 1. The third-order valence-corrected chi connectivity index (χ3v) is 1.81. The van der Waals surface area contributed by atoms with Gasteiger partial charge in [-0.15, -0.1) is 0 Å². The van der Waals surface area contributed by atoms with Crippen LogP contribution in [-0.2, 0) is 0 Å². The van der Waals surface area contributed by atoms with Gasteiger partial charge in [0, 0.05) is 17.2 Å². The molecule has 4 nitrogen and oxygen atoms in total. The third-order valence-electron chi connectivity index (χ3n) is 1.56. The zero-order valence-electron chi connectivity index (χ0n) is 6.95. The summed E-state index contributed by atoms with van der Waals surface area (Å²) in [5.74, 6) is 0. The first-order valence-corrected chi connectivity index (χ1v) is 4.00. The van der Waals surface area contributed by atoms with Gasteiger partial charge in [-0.3, -0.25) is 10.7 Å². The second-order valence-electron chi connectivity index (χ2n) is 2.49. The Balaban J connectivity index is 0.000000980. The molecule has 1 aromatic heterocycles. The number of benzene rings is 1. The molecular weight excluding hydrogens is 225 g/mol. The van der Waals surface area contributed by atoms with Crippen molar-refractivity contribution in [3.63, 3.8) is 0 Å². The minimum absolute atomic E-state index is 0. The van der Waals surface area contributed by atoms with Crippen LogP contribution in [0.25, 0.3) is 5.69 Å². The molecule has 0 bridgehead atoms. The van der Waals surface area contributed by atoms with Crippen molar-refractivity contribution >= 4 is 11.6 Å². The number of hydrogen-bond acceptors (Lipinski definition) is 2. The molecule has 0 atom stereocenters. The van der Waals surface area contributed by atoms with E-state index in [4.69, 9.17) is 17.0 Å². The van der Waals surface area contributed by atoms with Crippen LogP contribution in [0.2, 0.25) is 5.02 Å². The van der Waals surface area contributed by atoms with Crippen LogP contribution < -0.4 is 27.9 Å². The molecule has 1 heterocycles. The van der Waals surface area contributed by atoms with Gasteiger partial charge in [-0.2, -0.15) is 0 Å². The minimum atomic E-state index is 0. The van der Waals surface area contributed by atoms with Crippen LogP contribution in [0.1, 0.15) is 0 Å². The highest BCUT2D eigenvalue weighted by molar-refractivity contribution is 6.30. The van der Waals surface area contributed by atoms with Crippen molar-refractivity contribution in [3.8, 4) is 5.69 Å². The van der Waals surface area contributed by atoms with Crippen LogP contribution in [0.3, 0.4) is 0 Å². The fourth-order valence-corrected chi connectivity index (χ4v) is 1.09. The standard InChI is InChI=1S/C8H6ClN3O.ClH/c9-6-1-3-7(4-2-6)12-5-8(10)13-11-12;/h1-5,10H;1H/p-1. The van der Waals surface area contributed by atoms with Gasteiger partial charge in [-0.25, -0.2) is 4.68 Å². The molecule has 0 saturated carbocycles. The molecule has 1 aromatic carbocycles. The van der Waals surface area contributed by atoms with E-state index in [1.807, 2.05) is 0 Å². The van der Waals surface area contributed by atoms with E-state index in [9.17, 15) is 0 Å². The Labute approximate surface area is 91.0 Å². The van der Waals surface area contributed by atoms with Crippen molar-refractivity contribution in [2.24, 2.45) is 0 Å². The summed E-state index contributed by atoms with van der Waals surface area (Å²) in [6.07, 6.45) is 1.48. The van der Waals surface area contributed by atoms with E-state index < -0.39 is 0 Å². The molecule has 1 N–H and O–H groups in total. The summed E-state index contributed by atoms with van der Waals surface area (Å²) in [7, 11) is 0. The van der Waals surface area contributed by atoms with Crippen LogP contribution in [-0.4, -0.2) is 0 Å². The van der Waals surface area contributed by atoms with Gasteiger partial charge >= 0.3 is 0 Å². The minimum Gasteiger partial charge on any atom is -1.00 e. The van der Waals surface area contributed by atoms with Crippen molar-refractivity contribution in [1.29, 1.82) is 5.41 Å². The molecular formula is C8H6Cl2N3O-. The van der Waals surface area contributed by atoms with Crippen molar-refractivity contribution in [2.45, 2.75) is 0 Å². The molecule has 0 fully saturated rings. The number of aromatic nitrogens is 2. The van der Waals surface area contributed by atoms with E-state index in [-0.39, 0.29) is 18.0 Å². The van der Waals surface area contributed by atoms with E-state index in [2.05, 4.69) is 9.79 Å². The number of halogens is 2. The van der Waals surface area contributed by atoms with Gasteiger partial charge in [-0.1, -0.05) is 11.6 Å². The van der Waals surface area contributed by atoms with E-state index >= 15 is 0 Å². The molecule has 6 heteroatoms. The predicted molar refractivity (Wildman–Crippen MR) is 44.4 cm³/mol. The maximum Gasteiger partial charge on any atom is 0.265 e. The van der Waals surface area contributed by atoms with Gasteiger partial charge in [0.25, 0.3) is 5.55 Å². The van der Waals surface area contributed by atoms with Crippen molar-refractivity contribution < 1.29 is 21.6 Å². The van der Waals surface area contributed by atoms with E-state index in [1.165, 1.54) is 10.9 Å². The molecule has 0 saturated heterocycles. The zero-order chi connectivity index (χ0) is 9.26. The molecule has 74 valence electrons. The second-order valence-corrected chi connectivity index (χ2v) is 2.92. The highest BCUT2D eigenvalue weighted by Crippen LogP contribution is 2.08. The Morgan fingerprint density at radius 1 is 1.29 bits per heavy atom. The molecule has 14 heavy (non-hydrogen) atoms. The fourth-order valence-electron chi connectivity index (χ4n) is 0.962. The topological polar surface area (TPSA) is 55.0 Å². The van der Waals surface area contributed by atoms with Crippen molar-refractivity contribution in [1.82, 2.24) is 5.27 Å². The lowest BCUT2D eigenvalue weighted by Gasteiger charge is -1.95. The highest BCUT2D eigenvalue weighted by atomic mass is 35.5. The SMILES string of the molecule is N=c1c[n+](-c2ccc(Cl)cc2)[n-]o1.[Cl-]. The highest BCUT2D eigenvalue weighted by Gasteiger charge is 2.00. The summed E-state index contributed by atoms with van der Waals surface area (Å²) in [6, 6.07) is 7.10.